The Morgan fingerprint density at radius 2 is 1.76 bits per heavy atom. The van der Waals surface area contributed by atoms with Crippen LogP contribution in [-0.4, -0.2) is 23.4 Å². The lowest BCUT2D eigenvalue weighted by molar-refractivity contribution is -0.542. The molecule has 4 aliphatic rings. The van der Waals surface area contributed by atoms with Gasteiger partial charge in [0.2, 0.25) is 0 Å². The molecule has 1 nitrogen and oxygen atoms in total. The molecule has 2 aliphatic carbocycles. The molecule has 0 N–H and O–H groups in total. The van der Waals surface area contributed by atoms with E-state index < -0.39 is 0 Å². The van der Waals surface area contributed by atoms with Gasteiger partial charge in [-0.15, -0.1) is 0 Å². The topological polar surface area (TPSA) is 3.01 Å². The molecule has 0 aromatic carbocycles. The number of fused-ring (bicyclic) bond motifs is 4. The van der Waals surface area contributed by atoms with Gasteiger partial charge in [-0.2, -0.15) is 0 Å². The van der Waals surface area contributed by atoms with Gasteiger partial charge in [0, 0.05) is 24.7 Å². The van der Waals surface area contributed by atoms with E-state index in [-0.39, 0.29) is 0 Å². The Balaban J connectivity index is 1.62. The first kappa shape index (κ1) is 26.5. The summed E-state index contributed by atoms with van der Waals surface area (Å²) in [5, 5.41) is 0. The first-order valence-corrected chi connectivity index (χ1v) is 15.8. The quantitative estimate of drug-likeness (QED) is 0.199. The van der Waals surface area contributed by atoms with Crippen LogP contribution in [0.4, 0.5) is 0 Å². The van der Waals surface area contributed by atoms with Gasteiger partial charge in [-0.1, -0.05) is 78.4 Å². The van der Waals surface area contributed by atoms with E-state index >= 15 is 0 Å². The second-order valence-corrected chi connectivity index (χ2v) is 13.6. The van der Waals surface area contributed by atoms with Crippen molar-refractivity contribution in [3.8, 4) is 0 Å². The minimum Gasteiger partial charge on any atom is -0.236 e. The van der Waals surface area contributed by atoms with Crippen LogP contribution in [0.1, 0.15) is 143 Å². The fourth-order valence-electron chi connectivity index (χ4n) is 8.64. The average molecular weight is 469 g/mol. The third-order valence-electron chi connectivity index (χ3n) is 11.1. The number of hydrogen-bond acceptors (Lipinski definition) is 0. The minimum absolute atomic E-state index is 0.418. The van der Waals surface area contributed by atoms with E-state index in [9.17, 15) is 0 Å². The van der Waals surface area contributed by atoms with E-state index in [0.29, 0.717) is 10.8 Å². The molecule has 0 amide bonds. The molecule has 0 spiro atoms. The van der Waals surface area contributed by atoms with Crippen molar-refractivity contribution >= 4 is 5.71 Å². The van der Waals surface area contributed by atoms with Gasteiger partial charge in [0.25, 0.3) is 0 Å². The van der Waals surface area contributed by atoms with Crippen LogP contribution in [0.2, 0.25) is 0 Å². The van der Waals surface area contributed by atoms with Gasteiger partial charge in [0.15, 0.2) is 5.71 Å². The second kappa shape index (κ2) is 12.1. The van der Waals surface area contributed by atoms with Crippen LogP contribution in [-0.2, 0) is 0 Å². The molecule has 34 heavy (non-hydrogen) atoms. The SMILES string of the molecule is CCCCCC1(C)CCCC/[N+]2=C3\CC1C3CC[C@@H]1C[C@@H](CCCC/C=C\C1(C)CCCC)C2. The Morgan fingerprint density at radius 3 is 2.59 bits per heavy atom. The van der Waals surface area contributed by atoms with Crippen molar-refractivity contribution in [1.82, 2.24) is 0 Å². The maximum absolute atomic E-state index is 2.98. The minimum atomic E-state index is 0.418. The molecule has 4 rings (SSSR count). The molecule has 4 bridgehead atoms. The van der Waals surface area contributed by atoms with Crippen LogP contribution in [0.15, 0.2) is 12.2 Å². The lowest BCUT2D eigenvalue weighted by atomic mass is 9.54. The Bertz CT molecular complexity index is 703. The van der Waals surface area contributed by atoms with Crippen molar-refractivity contribution in [2.75, 3.05) is 13.1 Å². The van der Waals surface area contributed by atoms with Gasteiger partial charge in [0.05, 0.1) is 0 Å². The van der Waals surface area contributed by atoms with Gasteiger partial charge in [0.1, 0.15) is 13.1 Å². The first-order valence-electron chi connectivity index (χ1n) is 15.8. The number of rotatable bonds is 7. The predicted octanol–water partition coefficient (Wildman–Crippen LogP) is 9.59. The van der Waals surface area contributed by atoms with E-state index in [4.69, 9.17) is 0 Å². The lowest BCUT2D eigenvalue weighted by Gasteiger charge is -2.48. The summed E-state index contributed by atoms with van der Waals surface area (Å²) in [6.07, 6.45) is 31.1. The van der Waals surface area contributed by atoms with Gasteiger partial charge in [-0.05, 0) is 86.9 Å². The summed E-state index contributed by atoms with van der Waals surface area (Å²) in [5.74, 6) is 3.66. The molecule has 1 heteroatoms. The molecule has 1 fully saturated rings. The molecule has 2 aliphatic heterocycles. The van der Waals surface area contributed by atoms with E-state index in [0.717, 1.165) is 23.7 Å². The van der Waals surface area contributed by atoms with Crippen LogP contribution in [0.25, 0.3) is 0 Å². The third kappa shape index (κ3) is 6.03. The number of hydrogen-bond donors (Lipinski definition) is 0. The molecule has 6 atom stereocenters. The predicted molar refractivity (Wildman–Crippen MR) is 149 cm³/mol. The smallest absolute Gasteiger partial charge is 0.156 e. The van der Waals surface area contributed by atoms with Crippen LogP contribution < -0.4 is 0 Å². The Kier molecular flexibility index (Phi) is 9.42. The second-order valence-electron chi connectivity index (χ2n) is 13.6. The first-order chi connectivity index (χ1) is 16.5. The summed E-state index contributed by atoms with van der Waals surface area (Å²) >= 11 is 0. The molecule has 0 aromatic heterocycles. The fourth-order valence-corrected chi connectivity index (χ4v) is 8.64. The number of nitrogens with zero attached hydrogens (tertiary/aromatic N) is 1. The zero-order valence-electron chi connectivity index (χ0n) is 23.6. The van der Waals surface area contributed by atoms with Crippen LogP contribution in [0.3, 0.4) is 0 Å². The summed E-state index contributed by atoms with van der Waals surface area (Å²) in [7, 11) is 0. The zero-order chi connectivity index (χ0) is 24.0. The Morgan fingerprint density at radius 1 is 0.912 bits per heavy atom. The summed E-state index contributed by atoms with van der Waals surface area (Å²) < 4.78 is 2.98. The zero-order valence-corrected chi connectivity index (χ0v) is 23.6. The number of unbranched alkanes of at least 4 members (excludes halogenated alkanes) is 3. The van der Waals surface area contributed by atoms with Crippen molar-refractivity contribution in [1.29, 1.82) is 0 Å². The highest BCUT2D eigenvalue weighted by molar-refractivity contribution is 5.88. The van der Waals surface area contributed by atoms with Crippen molar-refractivity contribution in [3.05, 3.63) is 12.2 Å². The highest BCUT2D eigenvalue weighted by Gasteiger charge is 2.53. The molecule has 0 saturated heterocycles. The van der Waals surface area contributed by atoms with Crippen molar-refractivity contribution in [2.24, 2.45) is 34.5 Å². The van der Waals surface area contributed by atoms with E-state index in [1.807, 2.05) is 5.71 Å². The van der Waals surface area contributed by atoms with Crippen LogP contribution in [0.5, 0.6) is 0 Å². The monoisotopic (exact) mass is 468 g/mol. The molecule has 2 heterocycles. The van der Waals surface area contributed by atoms with Gasteiger partial charge in [-0.3, -0.25) is 0 Å². The molecule has 4 unspecified atom stereocenters. The highest BCUT2D eigenvalue weighted by atomic mass is 15.0. The molecule has 194 valence electrons. The van der Waals surface area contributed by atoms with Crippen molar-refractivity contribution in [2.45, 2.75) is 143 Å². The Labute approximate surface area is 213 Å². The van der Waals surface area contributed by atoms with Gasteiger partial charge < -0.3 is 0 Å². The summed E-state index contributed by atoms with van der Waals surface area (Å²) in [6, 6.07) is 0. The van der Waals surface area contributed by atoms with E-state index in [2.05, 4.69) is 44.4 Å². The average Bonchev–Trinajstić information content (AvgIpc) is 2.93. The van der Waals surface area contributed by atoms with E-state index in [1.54, 1.807) is 0 Å². The normalized spacial score (nSPS) is 42.1. The van der Waals surface area contributed by atoms with Crippen LogP contribution >= 0.6 is 0 Å². The van der Waals surface area contributed by atoms with Gasteiger partial charge in [-0.25, -0.2) is 4.58 Å². The van der Waals surface area contributed by atoms with Crippen LogP contribution in [0, 0.1) is 34.5 Å². The summed E-state index contributed by atoms with van der Waals surface area (Å²) in [5.41, 5.74) is 2.93. The Hall–Kier alpha value is -0.590. The lowest BCUT2D eigenvalue weighted by Crippen LogP contribution is -2.50. The maximum Gasteiger partial charge on any atom is 0.156 e. The summed E-state index contributed by atoms with van der Waals surface area (Å²) in [6.45, 7) is 12.9. The van der Waals surface area contributed by atoms with Crippen molar-refractivity contribution in [3.63, 3.8) is 0 Å². The largest absolute Gasteiger partial charge is 0.236 e. The highest BCUT2D eigenvalue weighted by Crippen LogP contribution is 2.54. The maximum atomic E-state index is 2.98. The third-order valence-corrected chi connectivity index (χ3v) is 11.1. The van der Waals surface area contributed by atoms with E-state index in [1.165, 1.54) is 129 Å². The van der Waals surface area contributed by atoms with Gasteiger partial charge >= 0.3 is 0 Å². The molecule has 0 radical (unpaired) electrons. The van der Waals surface area contributed by atoms with Crippen molar-refractivity contribution < 1.29 is 4.58 Å². The number of allylic oxidation sites excluding steroid dienone is 2. The molecular weight excluding hydrogens is 410 g/mol. The standard InChI is InChI=1S/C33H58N/c1-5-7-12-21-33(4)22-14-15-23-34-26-27-16-11-9-10-13-20-32(3,19-8-6-2)28(24-27)17-18-29-30(33)25-31(29)34/h13,20,27-30H,5-12,14-19,21-26H2,1-4H3/q+1/b20-13-,34-31-/t27-,28-,29?,30?,32?,33?/m1/s1. The molecule has 0 aromatic rings. The molecular formula is C33H58N+. The molecule has 1 saturated carbocycles. The fraction of sp³-hybridized carbons (Fsp3) is 0.909. The summed E-state index contributed by atoms with van der Waals surface area (Å²) in [4.78, 5) is 0.